The first-order valence-electron chi connectivity index (χ1n) is 6.45. The van der Waals surface area contributed by atoms with Crippen molar-refractivity contribution < 1.29 is 64.1 Å². The van der Waals surface area contributed by atoms with E-state index in [1.54, 1.807) is 0 Å². The van der Waals surface area contributed by atoms with E-state index in [2.05, 4.69) is 9.05 Å². The summed E-state index contributed by atoms with van der Waals surface area (Å²) >= 11 is 0. The number of unbranched alkanes of at least 4 members (excludes halogenated alkanes) is 2. The van der Waals surface area contributed by atoms with Gasteiger partial charge in [0.15, 0.2) is 0 Å². The van der Waals surface area contributed by atoms with E-state index in [4.69, 9.17) is 9.79 Å². The lowest BCUT2D eigenvalue weighted by Crippen LogP contribution is -2.57. The fraction of sp³-hybridized carbons (Fsp3) is 1.00. The first-order valence-corrected chi connectivity index (χ1v) is 9.44. The molecular formula is C9H14F6O8P2-2. The van der Waals surface area contributed by atoms with E-state index in [1.165, 1.54) is 0 Å². The lowest BCUT2D eigenvalue weighted by atomic mass is 9.94. The van der Waals surface area contributed by atoms with Crippen LogP contribution < -0.4 is 9.79 Å². The summed E-state index contributed by atoms with van der Waals surface area (Å²) in [6.07, 6.45) is -16.4. The van der Waals surface area contributed by atoms with Crippen LogP contribution in [0.4, 0.5) is 26.3 Å². The summed E-state index contributed by atoms with van der Waals surface area (Å²) in [5.74, 6) is 0. The number of alkyl halides is 6. The number of hydrogen-bond donors (Lipinski definition) is 2. The van der Waals surface area contributed by atoms with Crippen molar-refractivity contribution >= 4 is 15.6 Å². The molecule has 0 fully saturated rings. The van der Waals surface area contributed by atoms with Crippen molar-refractivity contribution in [2.24, 2.45) is 0 Å². The lowest BCUT2D eigenvalue weighted by molar-refractivity contribution is -0.358. The molecule has 2 N–H and O–H groups in total. The third-order valence-electron chi connectivity index (χ3n) is 2.85. The van der Waals surface area contributed by atoms with Gasteiger partial charge in [0.05, 0.1) is 14.4 Å². The van der Waals surface area contributed by atoms with Crippen LogP contribution in [0.2, 0.25) is 0 Å². The van der Waals surface area contributed by atoms with Crippen molar-refractivity contribution in [3.8, 4) is 0 Å². The summed E-state index contributed by atoms with van der Waals surface area (Å²) in [6.45, 7) is -0.549. The molecule has 0 spiro atoms. The van der Waals surface area contributed by atoms with Crippen molar-refractivity contribution in [2.45, 2.75) is 50.1 Å². The molecule has 0 amide bonds. The van der Waals surface area contributed by atoms with Crippen LogP contribution >= 0.6 is 15.6 Å². The van der Waals surface area contributed by atoms with E-state index in [0.717, 1.165) is 0 Å². The molecule has 8 nitrogen and oxygen atoms in total. The lowest BCUT2D eigenvalue weighted by Gasteiger charge is -2.40. The number of hydrogen-bond acceptors (Lipinski definition) is 6. The van der Waals surface area contributed by atoms with E-state index in [0.29, 0.717) is 0 Å². The maximum Gasteiger partial charge on any atom is 0.469 e. The van der Waals surface area contributed by atoms with Gasteiger partial charge in [-0.1, -0.05) is 12.8 Å². The molecule has 0 aromatic carbocycles. The second-order valence-corrected chi connectivity index (χ2v) is 7.13. The van der Waals surface area contributed by atoms with Gasteiger partial charge in [0.25, 0.3) is 12.1 Å². The van der Waals surface area contributed by atoms with E-state index in [-0.39, 0.29) is 12.8 Å². The summed E-state index contributed by atoms with van der Waals surface area (Å²) < 4.78 is 105. The smallest absolute Gasteiger partial charge is 0.469 e. The molecule has 0 aliphatic heterocycles. The van der Waals surface area contributed by atoms with Crippen molar-refractivity contribution in [3.63, 3.8) is 0 Å². The minimum atomic E-state index is -6.22. The first kappa shape index (κ1) is 24.8. The molecule has 0 saturated carbocycles. The number of halogens is 6. The normalized spacial score (nSPS) is 17.6. The zero-order valence-corrected chi connectivity index (χ0v) is 14.0. The quantitative estimate of drug-likeness (QED) is 0.287. The molecule has 2 unspecified atom stereocenters. The highest BCUT2D eigenvalue weighted by Gasteiger charge is 2.67. The van der Waals surface area contributed by atoms with Crippen LogP contribution in [-0.4, -0.2) is 40.8 Å². The fourth-order valence-corrected chi connectivity index (χ4v) is 2.67. The van der Waals surface area contributed by atoms with Gasteiger partial charge in [0, 0.05) is 0 Å². The third kappa shape index (κ3) is 8.83. The Labute approximate surface area is 137 Å². The Morgan fingerprint density at radius 2 is 1.52 bits per heavy atom. The summed E-state index contributed by atoms with van der Waals surface area (Å²) in [4.78, 5) is 37.6. The molecular weight excluding hydrogens is 412 g/mol. The minimum absolute atomic E-state index is 0.176. The Bertz CT molecular complexity index is 505. The summed E-state index contributed by atoms with van der Waals surface area (Å²) in [6, 6.07) is 0. The number of phosphoric ester groups is 2. The highest BCUT2D eigenvalue weighted by Crippen LogP contribution is 2.47. The molecule has 0 aromatic heterocycles. The van der Waals surface area contributed by atoms with Gasteiger partial charge in [-0.3, -0.25) is 4.52 Å². The average molecular weight is 426 g/mol. The topological polar surface area (TPSA) is 139 Å². The van der Waals surface area contributed by atoms with Gasteiger partial charge in [-0.2, -0.15) is 13.2 Å². The molecule has 0 rings (SSSR count). The summed E-state index contributed by atoms with van der Waals surface area (Å²) in [5.41, 5.74) is -5.39. The van der Waals surface area contributed by atoms with Gasteiger partial charge in [-0.05, 0) is 12.8 Å². The molecule has 0 aromatic rings. The molecule has 2 atom stereocenters. The highest BCUT2D eigenvalue weighted by molar-refractivity contribution is 7.46. The highest BCUT2D eigenvalue weighted by atomic mass is 31.2. The molecule has 152 valence electrons. The molecule has 0 aliphatic carbocycles. The molecule has 0 aliphatic rings. The predicted molar refractivity (Wildman–Crippen MR) is 64.8 cm³/mol. The van der Waals surface area contributed by atoms with Crippen LogP contribution in [0.3, 0.4) is 0 Å². The zero-order valence-electron chi connectivity index (χ0n) is 12.2. The second-order valence-electron chi connectivity index (χ2n) is 4.78. The van der Waals surface area contributed by atoms with E-state index in [1.807, 2.05) is 0 Å². The Morgan fingerprint density at radius 3 is 1.88 bits per heavy atom. The predicted octanol–water partition coefficient (Wildman–Crippen LogP) is 1.41. The van der Waals surface area contributed by atoms with Crippen LogP contribution in [0.5, 0.6) is 0 Å². The Hall–Kier alpha value is -0.200. The molecule has 0 heterocycles. The van der Waals surface area contributed by atoms with Crippen molar-refractivity contribution in [3.05, 3.63) is 0 Å². The maximum atomic E-state index is 13.8. The second kappa shape index (κ2) is 9.14. The molecule has 25 heavy (non-hydrogen) atoms. The van der Waals surface area contributed by atoms with Gasteiger partial charge < -0.3 is 28.7 Å². The van der Waals surface area contributed by atoms with Gasteiger partial charge in [-0.15, -0.1) is 0 Å². The fourth-order valence-electron chi connectivity index (χ4n) is 1.73. The van der Waals surface area contributed by atoms with Gasteiger partial charge in [0.2, 0.25) is 0 Å². The van der Waals surface area contributed by atoms with Crippen LogP contribution in [0, 0.1) is 0 Å². The number of rotatable bonds is 11. The average Bonchev–Trinajstić information content (AvgIpc) is 2.36. The Kier molecular flexibility index (Phi) is 9.06. The van der Waals surface area contributed by atoms with E-state index in [9.17, 15) is 45.3 Å². The Morgan fingerprint density at radius 1 is 1.00 bits per heavy atom. The van der Waals surface area contributed by atoms with Crippen LogP contribution in [-0.2, 0) is 18.2 Å². The monoisotopic (exact) mass is 426 g/mol. The third-order valence-corrected chi connectivity index (χ3v) is 3.88. The molecule has 0 bridgehead atoms. The summed E-state index contributed by atoms with van der Waals surface area (Å²) in [5, 5.41) is 0. The van der Waals surface area contributed by atoms with Crippen LogP contribution in [0.25, 0.3) is 0 Å². The Balaban J connectivity index is 4.96. The van der Waals surface area contributed by atoms with Crippen molar-refractivity contribution in [1.29, 1.82) is 0 Å². The van der Waals surface area contributed by atoms with E-state index < -0.39 is 59.5 Å². The standard InChI is InChI=1S/C9H16F6O8P2/c10-7(11)8(12,9(13,14)15)6(23-25(19,20)21)4-2-1-3-5-22-24(16,17)18/h6-7H,1-5H2,(H2,16,17,18)(H2,19,20,21)/p-2. The van der Waals surface area contributed by atoms with Crippen molar-refractivity contribution in [1.82, 2.24) is 0 Å². The molecule has 0 saturated heterocycles. The van der Waals surface area contributed by atoms with Gasteiger partial charge in [-0.25, -0.2) is 17.7 Å². The molecule has 16 heteroatoms. The van der Waals surface area contributed by atoms with Crippen LogP contribution in [0.1, 0.15) is 25.7 Å². The zero-order chi connectivity index (χ0) is 20.1. The van der Waals surface area contributed by atoms with Gasteiger partial charge in [0.1, 0.15) is 6.10 Å². The first-order chi connectivity index (χ1) is 11.0. The minimum Gasteiger partial charge on any atom is -0.790 e. The maximum absolute atomic E-state index is 13.8. The SMILES string of the molecule is O=P([O-])([O-])OC(CCCCCOP(=O)(O)O)C(F)(C(F)F)C(F)(F)F. The van der Waals surface area contributed by atoms with Crippen molar-refractivity contribution in [2.75, 3.05) is 6.61 Å². The van der Waals surface area contributed by atoms with Gasteiger partial charge >= 0.3 is 14.0 Å². The number of phosphoric acid groups is 2. The largest absolute Gasteiger partial charge is 0.790 e. The van der Waals surface area contributed by atoms with Crippen LogP contribution in [0.15, 0.2) is 0 Å². The van der Waals surface area contributed by atoms with E-state index >= 15 is 0 Å². The summed E-state index contributed by atoms with van der Waals surface area (Å²) in [7, 11) is -11.0. The molecule has 0 radical (unpaired) electrons.